The number of fused-ring (bicyclic) bond motifs is 1. The number of likely N-dealkylation sites (N-methyl/N-ethyl adjacent to an activating group) is 2. The van der Waals surface area contributed by atoms with E-state index in [4.69, 9.17) is 4.74 Å². The van der Waals surface area contributed by atoms with Crippen LogP contribution in [0.25, 0.3) is 0 Å². The van der Waals surface area contributed by atoms with E-state index in [0.29, 0.717) is 12.0 Å². The first-order chi connectivity index (χ1) is 13.5. The molecule has 0 radical (unpaired) electrons. The van der Waals surface area contributed by atoms with E-state index in [9.17, 15) is 4.79 Å². The predicted molar refractivity (Wildman–Crippen MR) is 114 cm³/mol. The normalized spacial score (nSPS) is 21.5. The molecule has 156 valence electrons. The van der Waals surface area contributed by atoms with Gasteiger partial charge >= 0.3 is 0 Å². The lowest BCUT2D eigenvalue weighted by atomic mass is 9.73. The second kappa shape index (κ2) is 9.75. The number of piperidine rings is 1. The van der Waals surface area contributed by atoms with Crippen molar-refractivity contribution in [3.8, 4) is 5.75 Å². The molecule has 1 aromatic carbocycles. The van der Waals surface area contributed by atoms with Crippen molar-refractivity contribution >= 4 is 5.91 Å². The van der Waals surface area contributed by atoms with E-state index in [-0.39, 0.29) is 5.91 Å². The highest BCUT2D eigenvalue weighted by Gasteiger charge is 2.36. The first kappa shape index (κ1) is 21.1. The van der Waals surface area contributed by atoms with Crippen LogP contribution in [0.15, 0.2) is 24.3 Å². The summed E-state index contributed by atoms with van der Waals surface area (Å²) in [5.74, 6) is 1.32. The molecule has 1 spiro atoms. The van der Waals surface area contributed by atoms with Crippen LogP contribution in [-0.4, -0.2) is 81.1 Å². The molecule has 2 heterocycles. The molecule has 0 aliphatic carbocycles. The Hall–Kier alpha value is -1.59. The Kier molecular flexibility index (Phi) is 7.36. The van der Waals surface area contributed by atoms with E-state index in [2.05, 4.69) is 41.1 Å². The van der Waals surface area contributed by atoms with E-state index in [1.807, 2.05) is 19.0 Å². The average Bonchev–Trinajstić information content (AvgIpc) is 2.65. The Labute approximate surface area is 170 Å². The molecule has 5 nitrogen and oxygen atoms in total. The van der Waals surface area contributed by atoms with Crippen LogP contribution < -0.4 is 4.74 Å². The summed E-state index contributed by atoms with van der Waals surface area (Å²) in [6.07, 6.45) is 7.04. The van der Waals surface area contributed by atoms with Crippen LogP contribution in [0.5, 0.6) is 5.75 Å². The van der Waals surface area contributed by atoms with Crippen LogP contribution in [0.1, 0.15) is 37.7 Å². The zero-order chi connectivity index (χ0) is 20.0. The lowest BCUT2D eigenvalue weighted by Crippen LogP contribution is -2.49. The first-order valence-electron chi connectivity index (χ1n) is 10.8. The fourth-order valence-electron chi connectivity index (χ4n) is 4.72. The molecule has 1 aromatic rings. The van der Waals surface area contributed by atoms with Crippen molar-refractivity contribution < 1.29 is 9.53 Å². The number of aryl methyl sites for hydroxylation is 1. The molecule has 2 aliphatic heterocycles. The van der Waals surface area contributed by atoms with Crippen molar-refractivity contribution in [2.45, 2.75) is 38.5 Å². The number of rotatable bonds is 2. The van der Waals surface area contributed by atoms with Crippen molar-refractivity contribution in [1.29, 1.82) is 0 Å². The van der Waals surface area contributed by atoms with Gasteiger partial charge in [-0.2, -0.15) is 0 Å². The Morgan fingerprint density at radius 3 is 2.61 bits per heavy atom. The van der Waals surface area contributed by atoms with Crippen molar-refractivity contribution in [3.05, 3.63) is 29.8 Å². The molecule has 1 saturated heterocycles. The van der Waals surface area contributed by atoms with Gasteiger partial charge in [-0.3, -0.25) is 4.79 Å². The van der Waals surface area contributed by atoms with Crippen molar-refractivity contribution in [3.63, 3.8) is 0 Å². The molecule has 0 aromatic heterocycles. The predicted octanol–water partition coefficient (Wildman–Crippen LogP) is 2.89. The third-order valence-electron chi connectivity index (χ3n) is 6.34. The molecule has 5 heteroatoms. The summed E-state index contributed by atoms with van der Waals surface area (Å²) in [4.78, 5) is 18.9. The molecule has 0 atom stereocenters. The van der Waals surface area contributed by atoms with Crippen molar-refractivity contribution in [2.75, 3.05) is 60.5 Å². The van der Waals surface area contributed by atoms with Gasteiger partial charge in [0.25, 0.3) is 0 Å². The number of nitrogens with zero attached hydrogens (tertiary/aromatic N) is 3. The van der Waals surface area contributed by atoms with Crippen LogP contribution in [0.3, 0.4) is 0 Å². The molecule has 0 saturated carbocycles. The number of benzene rings is 1. The molecule has 1 amide bonds. The van der Waals surface area contributed by atoms with Gasteiger partial charge < -0.3 is 19.4 Å². The van der Waals surface area contributed by atoms with Crippen LogP contribution >= 0.6 is 0 Å². The summed E-state index contributed by atoms with van der Waals surface area (Å²) in [5.41, 5.74) is 1.67. The van der Waals surface area contributed by atoms with E-state index in [1.54, 1.807) is 0 Å². The van der Waals surface area contributed by atoms with Crippen LogP contribution in [-0.2, 0) is 11.2 Å². The highest BCUT2D eigenvalue weighted by molar-refractivity contribution is 5.78. The fourth-order valence-corrected chi connectivity index (χ4v) is 4.72. The summed E-state index contributed by atoms with van der Waals surface area (Å²) in [6.45, 7) is 5.10. The topological polar surface area (TPSA) is 36.0 Å². The number of carbonyl (C=O) groups is 1. The van der Waals surface area contributed by atoms with E-state index in [1.165, 1.54) is 24.8 Å². The Bertz CT molecular complexity index is 638. The maximum atomic E-state index is 12.4. The lowest BCUT2D eigenvalue weighted by molar-refractivity contribution is -0.134. The van der Waals surface area contributed by atoms with E-state index in [0.717, 1.165) is 57.8 Å². The van der Waals surface area contributed by atoms with Gasteiger partial charge in [0.15, 0.2) is 0 Å². The number of amides is 1. The number of hydrogen-bond acceptors (Lipinski definition) is 4. The number of likely N-dealkylation sites (tertiary alicyclic amines) is 1. The largest absolute Gasteiger partial charge is 0.492 e. The molecular formula is C23H37N3O2. The third kappa shape index (κ3) is 5.71. The quantitative estimate of drug-likeness (QED) is 0.782. The monoisotopic (exact) mass is 387 g/mol. The summed E-state index contributed by atoms with van der Waals surface area (Å²) in [6, 6.07) is 8.48. The molecule has 3 rings (SSSR count). The smallest absolute Gasteiger partial charge is 0.236 e. The van der Waals surface area contributed by atoms with Gasteiger partial charge in [0.05, 0.1) is 6.54 Å². The number of hydrogen-bond donors (Lipinski definition) is 0. The fraction of sp³-hybridized carbons (Fsp3) is 0.696. The van der Waals surface area contributed by atoms with Gasteiger partial charge in [-0.1, -0.05) is 24.6 Å². The highest BCUT2D eigenvalue weighted by atomic mass is 16.5. The van der Waals surface area contributed by atoms with Gasteiger partial charge in [0.1, 0.15) is 12.4 Å². The lowest BCUT2D eigenvalue weighted by Gasteiger charge is -2.44. The minimum absolute atomic E-state index is 0.270. The second-order valence-corrected chi connectivity index (χ2v) is 9.02. The maximum absolute atomic E-state index is 12.4. The SMILES string of the molecule is CN(C)CC(=O)N1CCC2(CCCCc3ccccc3OCCN(C)C2)CC1. The molecule has 1 fully saturated rings. The summed E-state index contributed by atoms with van der Waals surface area (Å²) < 4.78 is 6.09. The molecular weight excluding hydrogens is 350 g/mol. The number of para-hydroxylation sites is 1. The van der Waals surface area contributed by atoms with Crippen LogP contribution in [0.2, 0.25) is 0 Å². The minimum Gasteiger partial charge on any atom is -0.492 e. The van der Waals surface area contributed by atoms with Gasteiger partial charge in [-0.25, -0.2) is 0 Å². The maximum Gasteiger partial charge on any atom is 0.236 e. The standard InChI is InChI=1S/C23H37N3O2/c1-24(2)18-22(27)26-14-12-23(13-15-26)11-7-6-9-20-8-4-5-10-21(20)28-17-16-25(3)19-23/h4-5,8,10H,6-7,9,11-19H2,1-3H3. The van der Waals surface area contributed by atoms with Crippen LogP contribution in [0, 0.1) is 5.41 Å². The van der Waals surface area contributed by atoms with E-state index < -0.39 is 0 Å². The molecule has 0 bridgehead atoms. The molecule has 0 unspecified atom stereocenters. The molecule has 28 heavy (non-hydrogen) atoms. The number of carbonyl (C=O) groups excluding carboxylic acids is 1. The van der Waals surface area contributed by atoms with Crippen molar-refractivity contribution in [2.24, 2.45) is 5.41 Å². The minimum atomic E-state index is 0.270. The van der Waals surface area contributed by atoms with Crippen molar-refractivity contribution in [1.82, 2.24) is 14.7 Å². The second-order valence-electron chi connectivity index (χ2n) is 9.02. The van der Waals surface area contributed by atoms with Gasteiger partial charge in [-0.15, -0.1) is 0 Å². The summed E-state index contributed by atoms with van der Waals surface area (Å²) >= 11 is 0. The van der Waals surface area contributed by atoms with Gasteiger partial charge in [0.2, 0.25) is 5.91 Å². The molecule has 2 aliphatic rings. The summed E-state index contributed by atoms with van der Waals surface area (Å²) in [5, 5.41) is 0. The summed E-state index contributed by atoms with van der Waals surface area (Å²) in [7, 11) is 6.14. The zero-order valence-corrected chi connectivity index (χ0v) is 18.0. The molecule has 0 N–H and O–H groups in total. The van der Waals surface area contributed by atoms with Crippen LogP contribution in [0.4, 0.5) is 0 Å². The Morgan fingerprint density at radius 1 is 1.11 bits per heavy atom. The third-order valence-corrected chi connectivity index (χ3v) is 6.34. The Balaban J connectivity index is 1.62. The van der Waals surface area contributed by atoms with Gasteiger partial charge in [0, 0.05) is 26.2 Å². The first-order valence-corrected chi connectivity index (χ1v) is 10.8. The Morgan fingerprint density at radius 2 is 1.86 bits per heavy atom. The zero-order valence-electron chi connectivity index (χ0n) is 18.0. The number of ether oxygens (including phenoxy) is 1. The average molecular weight is 388 g/mol. The highest BCUT2D eigenvalue weighted by Crippen LogP contribution is 2.38. The van der Waals surface area contributed by atoms with Gasteiger partial charge in [-0.05, 0) is 70.3 Å². The van der Waals surface area contributed by atoms with E-state index >= 15 is 0 Å².